The molecule has 1 aliphatic heterocycles. The Hall–Kier alpha value is -4.19. The summed E-state index contributed by atoms with van der Waals surface area (Å²) in [6.07, 6.45) is -1.08. The van der Waals surface area contributed by atoms with Crippen LogP contribution in [0.5, 0.6) is 0 Å². The number of nitrogens with one attached hydrogen (secondary N) is 2. The van der Waals surface area contributed by atoms with Crippen molar-refractivity contribution in [2.45, 2.75) is 32.5 Å². The first-order chi connectivity index (χ1) is 16.7. The van der Waals surface area contributed by atoms with Gasteiger partial charge in [-0.1, -0.05) is 78.9 Å². The number of carbonyl (C=O) groups excluding carboxylic acids is 2. The van der Waals surface area contributed by atoms with Crippen LogP contribution in [0, 0.1) is 0 Å². The Kier molecular flexibility index (Phi) is 6.56. The van der Waals surface area contributed by atoms with E-state index in [1.807, 2.05) is 99.6 Å². The molecule has 1 aliphatic rings. The van der Waals surface area contributed by atoms with Gasteiger partial charge in [-0.2, -0.15) is 0 Å². The number of likely N-dealkylation sites (N-methyl/N-ethyl adjacent to an activating group) is 1. The maximum Gasteiger partial charge on any atom is 0.317 e. The van der Waals surface area contributed by atoms with E-state index in [0.717, 1.165) is 33.5 Å². The smallest absolute Gasteiger partial charge is 0.317 e. The maximum absolute atomic E-state index is 13.3. The summed E-state index contributed by atoms with van der Waals surface area (Å²) >= 11 is 0. The number of hydrogen-bond donors (Lipinski definition) is 2. The first-order valence-electron chi connectivity index (χ1n) is 11.5. The molecule has 0 aromatic heterocycles. The van der Waals surface area contributed by atoms with Gasteiger partial charge in [-0.3, -0.25) is 4.79 Å². The maximum atomic E-state index is 13.3. The Balaban J connectivity index is 1.64. The number of fused-ring (bicyclic) bond motifs is 1. The highest BCUT2D eigenvalue weighted by Crippen LogP contribution is 2.27. The highest BCUT2D eigenvalue weighted by atomic mass is 16.2. The third-order valence-electron chi connectivity index (χ3n) is 6.16. The van der Waals surface area contributed by atoms with Crippen LogP contribution in [-0.2, 0) is 10.3 Å². The lowest BCUT2D eigenvalue weighted by atomic mass is 9.92. The van der Waals surface area contributed by atoms with Crippen molar-refractivity contribution >= 4 is 28.9 Å². The summed E-state index contributed by atoms with van der Waals surface area (Å²) in [7, 11) is 1.70. The quantitative estimate of drug-likeness (QED) is 0.549. The lowest BCUT2D eigenvalue weighted by molar-refractivity contribution is -0.119. The number of allylic oxidation sites excluding steroid dienone is 1. The average molecular weight is 467 g/mol. The van der Waals surface area contributed by atoms with Crippen molar-refractivity contribution in [3.05, 3.63) is 108 Å². The van der Waals surface area contributed by atoms with Crippen molar-refractivity contribution in [3.8, 4) is 0 Å². The zero-order valence-electron chi connectivity index (χ0n) is 20.5. The number of nitrogens with zero attached hydrogens (tertiary/aromatic N) is 2. The minimum Gasteiger partial charge on any atom is -0.329 e. The van der Waals surface area contributed by atoms with Crippen molar-refractivity contribution in [1.82, 2.24) is 10.6 Å². The van der Waals surface area contributed by atoms with Gasteiger partial charge in [-0.25, -0.2) is 9.79 Å². The second-order valence-electron chi connectivity index (χ2n) is 9.25. The molecule has 2 N–H and O–H groups in total. The highest BCUT2D eigenvalue weighted by Gasteiger charge is 2.32. The molecule has 35 heavy (non-hydrogen) atoms. The fourth-order valence-corrected chi connectivity index (χ4v) is 4.13. The number of anilines is 1. The van der Waals surface area contributed by atoms with E-state index in [-0.39, 0.29) is 5.91 Å². The van der Waals surface area contributed by atoms with Gasteiger partial charge in [0.25, 0.3) is 5.91 Å². The number of urea groups is 1. The Morgan fingerprint density at radius 2 is 1.69 bits per heavy atom. The topological polar surface area (TPSA) is 73.8 Å². The number of benzene rings is 3. The van der Waals surface area contributed by atoms with E-state index in [0.29, 0.717) is 5.71 Å². The normalized spacial score (nSPS) is 15.5. The Labute approximate surface area is 206 Å². The molecule has 1 heterocycles. The molecule has 4 rings (SSSR count). The van der Waals surface area contributed by atoms with Gasteiger partial charge in [0.05, 0.1) is 16.9 Å². The SMILES string of the molecule is C=C(C)c1cccc(C(C)(C)NC(=O)NC2N=C(c3ccccc3)c3ccccc3N(C)C2=O)c1. The van der Waals surface area contributed by atoms with E-state index in [1.165, 1.54) is 0 Å². The minimum absolute atomic E-state index is 0.319. The third-order valence-corrected chi connectivity index (χ3v) is 6.16. The molecule has 1 atom stereocenters. The van der Waals surface area contributed by atoms with E-state index in [4.69, 9.17) is 4.99 Å². The summed E-state index contributed by atoms with van der Waals surface area (Å²) in [6, 6.07) is 24.7. The summed E-state index contributed by atoms with van der Waals surface area (Å²) in [5.41, 5.74) is 5.28. The molecular weight excluding hydrogens is 436 g/mol. The van der Waals surface area contributed by atoms with Crippen LogP contribution in [0.2, 0.25) is 0 Å². The molecule has 0 saturated heterocycles. The molecule has 3 aromatic carbocycles. The van der Waals surface area contributed by atoms with Crippen LogP contribution >= 0.6 is 0 Å². The van der Waals surface area contributed by atoms with E-state index in [9.17, 15) is 9.59 Å². The average Bonchev–Trinajstić information content (AvgIpc) is 2.95. The monoisotopic (exact) mass is 466 g/mol. The second kappa shape index (κ2) is 9.58. The van der Waals surface area contributed by atoms with Crippen LogP contribution in [0.25, 0.3) is 5.57 Å². The Morgan fingerprint density at radius 3 is 2.40 bits per heavy atom. The molecule has 0 spiro atoms. The number of carbonyl (C=O) groups is 2. The molecule has 178 valence electrons. The lowest BCUT2D eigenvalue weighted by Crippen LogP contribution is -2.53. The molecule has 6 heteroatoms. The van der Waals surface area contributed by atoms with E-state index >= 15 is 0 Å². The van der Waals surface area contributed by atoms with Gasteiger partial charge in [-0.05, 0) is 44.0 Å². The third kappa shape index (κ3) is 5.01. The molecule has 6 nitrogen and oxygen atoms in total. The van der Waals surface area contributed by atoms with Crippen molar-refractivity contribution < 1.29 is 9.59 Å². The molecule has 3 amide bonds. The van der Waals surface area contributed by atoms with Gasteiger partial charge in [0.1, 0.15) is 0 Å². The van der Waals surface area contributed by atoms with E-state index < -0.39 is 17.7 Å². The van der Waals surface area contributed by atoms with Gasteiger partial charge in [0.15, 0.2) is 0 Å². The van der Waals surface area contributed by atoms with Crippen LogP contribution < -0.4 is 15.5 Å². The van der Waals surface area contributed by atoms with E-state index in [2.05, 4.69) is 17.2 Å². The van der Waals surface area contributed by atoms with Crippen LogP contribution in [-0.4, -0.2) is 30.9 Å². The standard InChI is InChI=1S/C29H30N4O2/c1-19(2)21-14-11-15-22(18-21)29(3,4)32-28(35)31-26-27(34)33(5)24-17-10-9-16-23(24)25(30-26)20-12-7-6-8-13-20/h6-18,26H,1H2,2-5H3,(H2,31,32,35). The van der Waals surface area contributed by atoms with Crippen molar-refractivity contribution in [2.75, 3.05) is 11.9 Å². The predicted octanol–water partition coefficient (Wildman–Crippen LogP) is 5.09. The van der Waals surface area contributed by atoms with Gasteiger partial charge < -0.3 is 15.5 Å². The molecule has 0 saturated carbocycles. The van der Waals surface area contributed by atoms with Crippen LogP contribution in [0.15, 0.2) is 90.4 Å². The number of para-hydroxylation sites is 1. The van der Waals surface area contributed by atoms with Gasteiger partial charge in [0, 0.05) is 18.2 Å². The van der Waals surface area contributed by atoms with Gasteiger partial charge in [-0.15, -0.1) is 0 Å². The molecule has 0 fully saturated rings. The van der Waals surface area contributed by atoms with Crippen LogP contribution in [0.1, 0.15) is 43.0 Å². The molecule has 1 unspecified atom stereocenters. The summed E-state index contributed by atoms with van der Waals surface area (Å²) < 4.78 is 0. The first kappa shape index (κ1) is 24.0. The summed E-state index contributed by atoms with van der Waals surface area (Å²) in [5.74, 6) is -0.319. The molecule has 0 bridgehead atoms. The highest BCUT2D eigenvalue weighted by molar-refractivity contribution is 6.20. The zero-order valence-corrected chi connectivity index (χ0v) is 20.5. The second-order valence-corrected chi connectivity index (χ2v) is 9.25. The molecular formula is C29H30N4O2. The number of amides is 3. The fraction of sp³-hybridized carbons (Fsp3) is 0.207. The van der Waals surface area contributed by atoms with Crippen molar-refractivity contribution in [1.29, 1.82) is 0 Å². The summed E-state index contributed by atoms with van der Waals surface area (Å²) in [6.45, 7) is 9.78. The molecule has 0 aliphatic carbocycles. The number of benzodiazepines with no additional fused rings is 1. The number of rotatable bonds is 5. The zero-order chi connectivity index (χ0) is 25.2. The number of hydrogen-bond acceptors (Lipinski definition) is 3. The van der Waals surface area contributed by atoms with Gasteiger partial charge in [0.2, 0.25) is 6.17 Å². The largest absolute Gasteiger partial charge is 0.329 e. The lowest BCUT2D eigenvalue weighted by Gasteiger charge is -2.28. The van der Waals surface area contributed by atoms with Gasteiger partial charge >= 0.3 is 6.03 Å². The Bertz CT molecular complexity index is 1310. The fourth-order valence-electron chi connectivity index (χ4n) is 4.13. The summed E-state index contributed by atoms with van der Waals surface area (Å²) in [5, 5.41) is 5.79. The molecule has 0 radical (unpaired) electrons. The predicted molar refractivity (Wildman–Crippen MR) is 142 cm³/mol. The molecule has 3 aromatic rings. The first-order valence-corrected chi connectivity index (χ1v) is 11.5. The summed E-state index contributed by atoms with van der Waals surface area (Å²) in [4.78, 5) is 32.7. The van der Waals surface area contributed by atoms with Crippen LogP contribution in [0.3, 0.4) is 0 Å². The van der Waals surface area contributed by atoms with Crippen LogP contribution in [0.4, 0.5) is 10.5 Å². The van der Waals surface area contributed by atoms with Crippen molar-refractivity contribution in [3.63, 3.8) is 0 Å². The number of aliphatic imine (C=N–C) groups is 1. The van der Waals surface area contributed by atoms with E-state index in [1.54, 1.807) is 11.9 Å². The Morgan fingerprint density at radius 1 is 1.00 bits per heavy atom. The minimum atomic E-state index is -1.08. The van der Waals surface area contributed by atoms with Crippen molar-refractivity contribution in [2.24, 2.45) is 4.99 Å².